The number of carbonyl (C=O) groups is 1. The fraction of sp³-hybridized carbons (Fsp3) is 0.933. The van der Waals surface area contributed by atoms with Crippen molar-refractivity contribution in [2.45, 2.75) is 46.0 Å². The average Bonchev–Trinajstić information content (AvgIpc) is 2.76. The summed E-state index contributed by atoms with van der Waals surface area (Å²) < 4.78 is 12.0. The number of nitrogens with zero attached hydrogens (tertiary/aromatic N) is 1. The van der Waals surface area contributed by atoms with Crippen molar-refractivity contribution in [1.82, 2.24) is 0 Å². The predicted octanol–water partition coefficient (Wildman–Crippen LogP) is -0.580. The Morgan fingerprint density at radius 1 is 1.09 bits per heavy atom. The van der Waals surface area contributed by atoms with Crippen LogP contribution in [-0.4, -0.2) is 52.9 Å². The average molecular weight is 356 g/mol. The molecule has 0 aromatic rings. The number of hydrogen-bond acceptors (Lipinski definition) is 2. The summed E-state index contributed by atoms with van der Waals surface area (Å²) in [6.45, 7) is 8.47. The Morgan fingerprint density at radius 2 is 1.59 bits per heavy atom. The molecule has 5 nitrogen and oxygen atoms in total. The van der Waals surface area contributed by atoms with E-state index >= 15 is 0 Å². The minimum atomic E-state index is -3.89. The minimum Gasteiger partial charge on any atom is -1.00 e. The van der Waals surface area contributed by atoms with E-state index < -0.39 is 7.60 Å². The number of rotatable bonds is 10. The van der Waals surface area contributed by atoms with Crippen LogP contribution in [0.5, 0.6) is 0 Å². The first-order chi connectivity index (χ1) is 9.86. The molecule has 0 bridgehead atoms. The van der Waals surface area contributed by atoms with Crippen molar-refractivity contribution in [3.05, 3.63) is 0 Å². The zero-order valence-corrected chi connectivity index (χ0v) is 15.4. The fourth-order valence-corrected chi connectivity index (χ4v) is 4.44. The van der Waals surface area contributed by atoms with Gasteiger partial charge in [0.1, 0.15) is 6.29 Å². The van der Waals surface area contributed by atoms with E-state index in [2.05, 4.69) is 13.8 Å². The Kier molecular flexibility index (Phi) is 10.1. The van der Waals surface area contributed by atoms with Crippen LogP contribution >= 0.6 is 7.60 Å². The van der Waals surface area contributed by atoms with Crippen molar-refractivity contribution in [2.24, 2.45) is 11.8 Å². The van der Waals surface area contributed by atoms with E-state index in [1.807, 2.05) is 0 Å². The van der Waals surface area contributed by atoms with Crippen molar-refractivity contribution in [2.75, 3.05) is 32.3 Å². The highest BCUT2D eigenvalue weighted by Gasteiger charge is 2.42. The highest BCUT2D eigenvalue weighted by atomic mass is 35.5. The maximum absolute atomic E-state index is 11.1. The summed E-state index contributed by atoms with van der Waals surface area (Å²) in [4.78, 5) is 28.6. The number of aldehydes is 1. The van der Waals surface area contributed by atoms with Crippen molar-refractivity contribution < 1.29 is 36.0 Å². The second kappa shape index (κ2) is 10.0. The van der Waals surface area contributed by atoms with Gasteiger partial charge in [0.2, 0.25) is 0 Å². The van der Waals surface area contributed by atoms with E-state index in [9.17, 15) is 9.36 Å². The molecule has 1 heterocycles. The Labute approximate surface area is 140 Å². The highest BCUT2D eigenvalue weighted by molar-refractivity contribution is 7.51. The van der Waals surface area contributed by atoms with Crippen molar-refractivity contribution in [3.63, 3.8) is 0 Å². The van der Waals surface area contributed by atoms with Crippen molar-refractivity contribution in [3.8, 4) is 0 Å². The molecule has 132 valence electrons. The van der Waals surface area contributed by atoms with Crippen molar-refractivity contribution in [1.29, 1.82) is 0 Å². The summed E-state index contributed by atoms with van der Waals surface area (Å²) in [5.41, 5.74) is 0. The molecule has 0 amide bonds. The highest BCUT2D eigenvalue weighted by Crippen LogP contribution is 2.38. The van der Waals surface area contributed by atoms with E-state index in [0.29, 0.717) is 24.7 Å². The molecule has 1 fully saturated rings. The van der Waals surface area contributed by atoms with Gasteiger partial charge in [-0.25, -0.2) is 0 Å². The maximum Gasteiger partial charge on any atom is 0.325 e. The van der Waals surface area contributed by atoms with E-state index in [1.165, 1.54) is 12.8 Å². The van der Waals surface area contributed by atoms with Gasteiger partial charge in [-0.15, -0.1) is 0 Å². The molecule has 2 atom stereocenters. The minimum absolute atomic E-state index is 0. The summed E-state index contributed by atoms with van der Waals surface area (Å²) in [6.07, 6.45) is 5.33. The van der Waals surface area contributed by atoms with Gasteiger partial charge < -0.3 is 31.5 Å². The molecule has 2 N–H and O–H groups in total. The van der Waals surface area contributed by atoms with Crippen LogP contribution < -0.4 is 12.4 Å². The third kappa shape index (κ3) is 7.10. The lowest BCUT2D eigenvalue weighted by molar-refractivity contribution is -0.919. The second-order valence-corrected chi connectivity index (χ2v) is 8.32. The van der Waals surface area contributed by atoms with Crippen LogP contribution in [0.25, 0.3) is 0 Å². The Bertz CT molecular complexity index is 363. The summed E-state index contributed by atoms with van der Waals surface area (Å²) in [6, 6.07) is 0. The first-order valence-corrected chi connectivity index (χ1v) is 9.99. The van der Waals surface area contributed by atoms with Crippen LogP contribution in [0.15, 0.2) is 0 Å². The van der Waals surface area contributed by atoms with Crippen molar-refractivity contribution >= 4 is 13.9 Å². The van der Waals surface area contributed by atoms with E-state index in [0.717, 1.165) is 43.4 Å². The maximum atomic E-state index is 11.1. The first kappa shape index (κ1) is 22.1. The monoisotopic (exact) mass is 355 g/mol. The molecule has 1 aliphatic rings. The SMILES string of the molecule is CCC1C[N+](CCCC=O)(CCCP(=O)(O)O)CC1CC.[Cl-]. The summed E-state index contributed by atoms with van der Waals surface area (Å²) in [5, 5.41) is 0. The third-order valence-corrected chi connectivity index (χ3v) is 5.89. The third-order valence-electron chi connectivity index (χ3n) is 5.00. The van der Waals surface area contributed by atoms with Gasteiger partial charge >= 0.3 is 7.60 Å². The number of carbonyl (C=O) groups excluding carboxylic acids is 1. The van der Waals surface area contributed by atoms with Gasteiger partial charge in [0.15, 0.2) is 0 Å². The van der Waals surface area contributed by atoms with Gasteiger partial charge in [-0.3, -0.25) is 4.57 Å². The van der Waals surface area contributed by atoms with Crippen LogP contribution in [0.4, 0.5) is 0 Å². The molecule has 1 aliphatic heterocycles. The normalized spacial score (nSPS) is 28.4. The molecule has 0 spiro atoms. The van der Waals surface area contributed by atoms with Gasteiger partial charge in [-0.05, 0) is 12.8 Å². The standard InChI is InChI=1S/C15H30NO4P.ClH/c1-3-14-12-16(8-5-6-10-17,13-15(14)4-2)9-7-11-21(18,19)20;/h10,14-15H,3-9,11-13H2,1-2H3,(H-,18,19,20);1H. The van der Waals surface area contributed by atoms with Gasteiger partial charge in [-0.1, -0.05) is 13.8 Å². The molecule has 0 aromatic heterocycles. The number of hydrogen-bond donors (Lipinski definition) is 2. The molecular weight excluding hydrogens is 325 g/mol. The van der Waals surface area contributed by atoms with Gasteiger partial charge in [0.25, 0.3) is 0 Å². The lowest BCUT2D eigenvalue weighted by Crippen LogP contribution is -3.00. The van der Waals surface area contributed by atoms with Crippen LogP contribution in [0, 0.1) is 11.8 Å². The van der Waals surface area contributed by atoms with Crippen LogP contribution in [0.2, 0.25) is 0 Å². The summed E-state index contributed by atoms with van der Waals surface area (Å²) in [5.74, 6) is 1.42. The summed E-state index contributed by atoms with van der Waals surface area (Å²) in [7, 11) is -3.89. The molecule has 0 radical (unpaired) electrons. The molecule has 0 saturated carbocycles. The fourth-order valence-electron chi connectivity index (χ4n) is 3.89. The lowest BCUT2D eigenvalue weighted by Gasteiger charge is -2.35. The topological polar surface area (TPSA) is 74.6 Å². The van der Waals surface area contributed by atoms with Gasteiger partial charge in [0, 0.05) is 31.1 Å². The van der Waals surface area contributed by atoms with Gasteiger partial charge in [0.05, 0.1) is 32.3 Å². The smallest absolute Gasteiger partial charge is 0.325 e. The molecule has 22 heavy (non-hydrogen) atoms. The zero-order chi connectivity index (χ0) is 15.9. The molecular formula is C15H31ClNO4P. The largest absolute Gasteiger partial charge is 1.00 e. The number of likely N-dealkylation sites (tertiary alicyclic amines) is 1. The second-order valence-electron chi connectivity index (χ2n) is 6.54. The zero-order valence-electron chi connectivity index (χ0n) is 13.8. The molecule has 2 unspecified atom stereocenters. The van der Waals surface area contributed by atoms with Gasteiger partial charge in [-0.2, -0.15) is 0 Å². The predicted molar refractivity (Wildman–Crippen MR) is 84.1 cm³/mol. The number of quaternary nitrogens is 1. The van der Waals surface area contributed by atoms with Crippen LogP contribution in [0.3, 0.4) is 0 Å². The molecule has 1 rings (SSSR count). The van der Waals surface area contributed by atoms with Crippen LogP contribution in [0.1, 0.15) is 46.0 Å². The first-order valence-electron chi connectivity index (χ1n) is 8.19. The quantitative estimate of drug-likeness (QED) is 0.238. The molecule has 1 saturated heterocycles. The Morgan fingerprint density at radius 3 is 2.00 bits per heavy atom. The summed E-state index contributed by atoms with van der Waals surface area (Å²) >= 11 is 0. The lowest BCUT2D eigenvalue weighted by atomic mass is 9.92. The van der Waals surface area contributed by atoms with Crippen LogP contribution in [-0.2, 0) is 9.36 Å². The van der Waals surface area contributed by atoms with E-state index in [1.54, 1.807) is 0 Å². The Balaban J connectivity index is 0.00000441. The van der Waals surface area contributed by atoms with E-state index in [4.69, 9.17) is 9.79 Å². The molecule has 7 heteroatoms. The number of unbranched alkanes of at least 4 members (excludes halogenated alkanes) is 1. The van der Waals surface area contributed by atoms with E-state index in [-0.39, 0.29) is 18.6 Å². The molecule has 0 aromatic carbocycles. The Hall–Kier alpha value is 0.0700. The molecule has 0 aliphatic carbocycles. The number of halogens is 1.